The summed E-state index contributed by atoms with van der Waals surface area (Å²) in [4.78, 5) is 20.0. The third-order valence-electron chi connectivity index (χ3n) is 7.46. The van der Waals surface area contributed by atoms with Crippen molar-refractivity contribution in [1.29, 1.82) is 0 Å². The first kappa shape index (κ1) is 30.2. The predicted octanol–water partition coefficient (Wildman–Crippen LogP) is 4.95. The van der Waals surface area contributed by atoms with Gasteiger partial charge in [-0.05, 0) is 79.6 Å². The summed E-state index contributed by atoms with van der Waals surface area (Å²) >= 11 is 0. The van der Waals surface area contributed by atoms with Gasteiger partial charge in [-0.1, -0.05) is 31.9 Å². The molecule has 3 aromatic rings. The molecule has 41 heavy (non-hydrogen) atoms. The van der Waals surface area contributed by atoms with E-state index >= 15 is 0 Å². The number of halogens is 2. The number of carbonyl (C=O) groups is 1. The monoisotopic (exact) mass is 560 g/mol. The molecule has 1 aliphatic carbocycles. The van der Waals surface area contributed by atoms with Crippen LogP contribution in [0.5, 0.6) is 0 Å². The van der Waals surface area contributed by atoms with Crippen molar-refractivity contribution < 1.29 is 18.7 Å². The van der Waals surface area contributed by atoms with E-state index in [-0.39, 0.29) is 18.5 Å². The minimum absolute atomic E-state index is 0.0403. The second-order valence-electron chi connectivity index (χ2n) is 10.7. The lowest BCUT2D eigenvalue weighted by atomic mass is 9.98. The number of carbonyl (C=O) groups excluding carboxylic acids is 1. The van der Waals surface area contributed by atoms with E-state index in [1.807, 2.05) is 24.3 Å². The molecule has 3 N–H and O–H groups in total. The fraction of sp³-hybridized carbons (Fsp3) is 0.394. The van der Waals surface area contributed by atoms with Crippen molar-refractivity contribution in [3.63, 3.8) is 0 Å². The van der Waals surface area contributed by atoms with Crippen LogP contribution in [0.4, 0.5) is 14.6 Å². The number of rotatable bonds is 14. The van der Waals surface area contributed by atoms with E-state index in [2.05, 4.69) is 40.3 Å². The molecule has 8 heteroatoms. The maximum atomic E-state index is 14.0. The van der Waals surface area contributed by atoms with Crippen molar-refractivity contribution in [1.82, 2.24) is 15.6 Å². The average molecular weight is 561 g/mol. The van der Waals surface area contributed by atoms with Crippen molar-refractivity contribution in [2.45, 2.75) is 63.6 Å². The van der Waals surface area contributed by atoms with Gasteiger partial charge in [-0.25, -0.2) is 13.8 Å². The molecule has 2 aromatic carbocycles. The standard InChI is InChI=1S/C33H38F2N4O2/c1-4-14-39(15-5-2)31-20-25(10-13-36-31)32(41)38-29(19-24-17-27(34)21-28(35)18-24)30(40)22-37-33(11-12-33)26-9-7-8-23(6-3)16-26/h3,7-10,13,16-18,20-21,29-30,37,40H,4-5,11-12,14-15,19,22H2,1-2H3,(H,38,41). The summed E-state index contributed by atoms with van der Waals surface area (Å²) in [5, 5.41) is 17.7. The third kappa shape index (κ3) is 7.90. The zero-order chi connectivity index (χ0) is 29.4. The van der Waals surface area contributed by atoms with Gasteiger partial charge < -0.3 is 20.6 Å². The Morgan fingerprint density at radius 3 is 2.44 bits per heavy atom. The Balaban J connectivity index is 1.53. The average Bonchev–Trinajstić information content (AvgIpc) is 3.76. The lowest BCUT2D eigenvalue weighted by Gasteiger charge is -2.28. The summed E-state index contributed by atoms with van der Waals surface area (Å²) in [7, 11) is 0. The smallest absolute Gasteiger partial charge is 0.251 e. The summed E-state index contributed by atoms with van der Waals surface area (Å²) < 4.78 is 28.0. The van der Waals surface area contributed by atoms with Gasteiger partial charge in [0.15, 0.2) is 0 Å². The van der Waals surface area contributed by atoms with Crippen LogP contribution in [-0.4, -0.2) is 47.8 Å². The van der Waals surface area contributed by atoms with Crippen molar-refractivity contribution in [3.8, 4) is 12.3 Å². The second kappa shape index (κ2) is 13.7. The molecule has 0 spiro atoms. The van der Waals surface area contributed by atoms with Crippen molar-refractivity contribution in [2.24, 2.45) is 0 Å². The van der Waals surface area contributed by atoms with Crippen LogP contribution >= 0.6 is 0 Å². The molecule has 1 amide bonds. The van der Waals surface area contributed by atoms with Crippen LogP contribution in [0.1, 0.15) is 66.6 Å². The molecule has 1 fully saturated rings. The SMILES string of the molecule is C#Cc1cccc(C2(NCC(O)C(Cc3cc(F)cc(F)c3)NC(=O)c3ccnc(N(CCC)CCC)c3)CC2)c1. The number of hydrogen-bond acceptors (Lipinski definition) is 5. The summed E-state index contributed by atoms with van der Waals surface area (Å²) in [5.74, 6) is 1.53. The highest BCUT2D eigenvalue weighted by molar-refractivity contribution is 5.95. The fourth-order valence-electron chi connectivity index (χ4n) is 5.17. The summed E-state index contributed by atoms with van der Waals surface area (Å²) in [6.07, 6.45) is 9.82. The topological polar surface area (TPSA) is 77.5 Å². The Hall–Kier alpha value is -3.80. The Labute approximate surface area is 241 Å². The lowest BCUT2D eigenvalue weighted by molar-refractivity contribution is 0.0822. The normalized spacial score (nSPS) is 15.0. The maximum absolute atomic E-state index is 14.0. The van der Waals surface area contributed by atoms with Crippen LogP contribution in [0.25, 0.3) is 0 Å². The number of terminal acetylenes is 1. The number of benzene rings is 2. The molecule has 1 aromatic heterocycles. The highest BCUT2D eigenvalue weighted by Gasteiger charge is 2.44. The van der Waals surface area contributed by atoms with Gasteiger partial charge in [0.1, 0.15) is 17.5 Å². The molecule has 6 nitrogen and oxygen atoms in total. The minimum Gasteiger partial charge on any atom is -0.390 e. The number of nitrogens with one attached hydrogen (secondary N) is 2. The van der Waals surface area contributed by atoms with Gasteiger partial charge in [-0.3, -0.25) is 4.79 Å². The number of amides is 1. The molecule has 2 unspecified atom stereocenters. The molecule has 216 valence electrons. The Bertz CT molecular complexity index is 1360. The first-order valence-corrected chi connectivity index (χ1v) is 14.2. The molecule has 1 saturated carbocycles. The minimum atomic E-state index is -1.04. The van der Waals surface area contributed by atoms with Crippen LogP contribution in [0.3, 0.4) is 0 Å². The molecule has 1 heterocycles. The number of nitrogens with zero attached hydrogens (tertiary/aromatic N) is 2. The van der Waals surface area contributed by atoms with Gasteiger partial charge in [0.25, 0.3) is 5.91 Å². The fourth-order valence-corrected chi connectivity index (χ4v) is 5.17. The first-order valence-electron chi connectivity index (χ1n) is 14.2. The van der Waals surface area contributed by atoms with Crippen molar-refractivity contribution in [3.05, 3.63) is 94.7 Å². The van der Waals surface area contributed by atoms with E-state index in [1.54, 1.807) is 18.3 Å². The number of aliphatic hydroxyl groups excluding tert-OH is 1. The zero-order valence-electron chi connectivity index (χ0n) is 23.7. The van der Waals surface area contributed by atoms with Crippen LogP contribution in [-0.2, 0) is 12.0 Å². The van der Waals surface area contributed by atoms with Gasteiger partial charge in [-0.2, -0.15) is 0 Å². The number of anilines is 1. The van der Waals surface area contributed by atoms with Gasteiger partial charge in [0.2, 0.25) is 0 Å². The van der Waals surface area contributed by atoms with Crippen LogP contribution < -0.4 is 15.5 Å². The Morgan fingerprint density at radius 1 is 1.10 bits per heavy atom. The van der Waals surface area contributed by atoms with Crippen molar-refractivity contribution >= 4 is 11.7 Å². The van der Waals surface area contributed by atoms with Gasteiger partial charge in [0.05, 0.1) is 12.1 Å². The second-order valence-corrected chi connectivity index (χ2v) is 10.7. The van der Waals surface area contributed by atoms with Gasteiger partial charge in [-0.15, -0.1) is 6.42 Å². The Morgan fingerprint density at radius 2 is 1.80 bits per heavy atom. The number of hydrogen-bond donors (Lipinski definition) is 3. The molecular weight excluding hydrogens is 522 g/mol. The first-order chi connectivity index (χ1) is 19.8. The molecule has 2 atom stereocenters. The Kier molecular flexibility index (Phi) is 10.1. The largest absolute Gasteiger partial charge is 0.390 e. The molecular formula is C33H38F2N4O2. The van der Waals surface area contributed by atoms with E-state index in [1.165, 1.54) is 12.1 Å². The molecule has 0 saturated heterocycles. The van der Waals surface area contributed by atoms with Crippen LogP contribution in [0.15, 0.2) is 60.8 Å². The summed E-state index contributed by atoms with van der Waals surface area (Å²) in [5.41, 5.74) is 2.24. The number of aliphatic hydroxyl groups is 1. The molecule has 4 rings (SSSR count). The van der Waals surface area contributed by atoms with E-state index < -0.39 is 29.7 Å². The zero-order valence-corrected chi connectivity index (χ0v) is 23.7. The van der Waals surface area contributed by atoms with E-state index in [0.717, 1.165) is 56.0 Å². The molecule has 0 bridgehead atoms. The summed E-state index contributed by atoms with van der Waals surface area (Å²) in [6, 6.07) is 13.5. The lowest BCUT2D eigenvalue weighted by Crippen LogP contribution is -2.50. The number of pyridine rings is 1. The van der Waals surface area contributed by atoms with E-state index in [4.69, 9.17) is 6.42 Å². The number of aromatic nitrogens is 1. The highest BCUT2D eigenvalue weighted by atomic mass is 19.1. The highest BCUT2D eigenvalue weighted by Crippen LogP contribution is 2.45. The quantitative estimate of drug-likeness (QED) is 0.243. The molecule has 0 aliphatic heterocycles. The predicted molar refractivity (Wildman–Crippen MR) is 158 cm³/mol. The van der Waals surface area contributed by atoms with E-state index in [0.29, 0.717) is 16.9 Å². The van der Waals surface area contributed by atoms with Gasteiger partial charge in [0, 0.05) is 48.6 Å². The molecule has 1 aliphatic rings. The molecule has 0 radical (unpaired) electrons. The van der Waals surface area contributed by atoms with Crippen LogP contribution in [0.2, 0.25) is 0 Å². The third-order valence-corrected chi connectivity index (χ3v) is 7.46. The maximum Gasteiger partial charge on any atom is 0.251 e. The van der Waals surface area contributed by atoms with Crippen molar-refractivity contribution in [2.75, 3.05) is 24.5 Å². The van der Waals surface area contributed by atoms with Gasteiger partial charge >= 0.3 is 0 Å². The van der Waals surface area contributed by atoms with E-state index in [9.17, 15) is 18.7 Å². The summed E-state index contributed by atoms with van der Waals surface area (Å²) in [6.45, 7) is 5.97. The van der Waals surface area contributed by atoms with Crippen LogP contribution in [0, 0.1) is 24.0 Å².